The van der Waals surface area contributed by atoms with Gasteiger partial charge in [-0.3, -0.25) is 0 Å². The third-order valence-electron chi connectivity index (χ3n) is 2.63. The molecule has 0 fully saturated rings. The van der Waals surface area contributed by atoms with Crippen LogP contribution >= 0.6 is 27.7 Å². The second kappa shape index (κ2) is 5.19. The number of rotatable bonds is 2. The van der Waals surface area contributed by atoms with Gasteiger partial charge in [0.05, 0.1) is 5.56 Å². The predicted molar refractivity (Wildman–Crippen MR) is 77.8 cm³/mol. The fraction of sp³-hybridized carbons (Fsp3) is 0.0909. The van der Waals surface area contributed by atoms with Crippen molar-refractivity contribution in [2.45, 2.75) is 5.16 Å². The van der Waals surface area contributed by atoms with Gasteiger partial charge in [-0.1, -0.05) is 27.7 Å². The summed E-state index contributed by atoms with van der Waals surface area (Å²) in [7, 11) is 0. The molecule has 0 amide bonds. The van der Waals surface area contributed by atoms with Crippen molar-refractivity contribution in [3.05, 3.63) is 28.2 Å². The summed E-state index contributed by atoms with van der Waals surface area (Å²) in [4.78, 5) is 12.1. The van der Waals surface area contributed by atoms with Gasteiger partial charge in [0.2, 0.25) is 5.95 Å². The number of nitrogens with zero attached hydrogens (tertiary/aromatic N) is 5. The van der Waals surface area contributed by atoms with Crippen molar-refractivity contribution in [1.82, 2.24) is 24.6 Å². The van der Waals surface area contributed by atoms with Gasteiger partial charge in [-0.2, -0.15) is 19.5 Å². The fourth-order valence-corrected chi connectivity index (χ4v) is 2.50. The number of anilines is 1. The number of thioether (sulfide) groups is 1. The molecule has 0 bridgehead atoms. The van der Waals surface area contributed by atoms with Gasteiger partial charge in [-0.15, -0.1) is 5.10 Å². The van der Waals surface area contributed by atoms with Gasteiger partial charge in [-0.05, 0) is 18.4 Å². The fourth-order valence-electron chi connectivity index (χ4n) is 1.74. The molecule has 3 aromatic rings. The summed E-state index contributed by atoms with van der Waals surface area (Å²) in [6.07, 6.45) is 1.77. The highest BCUT2D eigenvalue weighted by molar-refractivity contribution is 9.10. The molecule has 10 heteroatoms. The van der Waals surface area contributed by atoms with Crippen LogP contribution in [0.1, 0.15) is 0 Å². The number of halogens is 3. The largest absolute Gasteiger partial charge is 0.368 e. The van der Waals surface area contributed by atoms with E-state index in [-0.39, 0.29) is 27.6 Å². The van der Waals surface area contributed by atoms with E-state index in [9.17, 15) is 8.78 Å². The minimum atomic E-state index is -0.783. The molecule has 0 atom stereocenters. The first-order chi connectivity index (χ1) is 9.99. The van der Waals surface area contributed by atoms with Gasteiger partial charge >= 0.3 is 0 Å². The molecule has 108 valence electrons. The molecule has 0 saturated heterocycles. The smallest absolute Gasteiger partial charge is 0.258 e. The van der Waals surface area contributed by atoms with Gasteiger partial charge in [0.1, 0.15) is 11.6 Å². The molecule has 2 N–H and O–H groups in total. The SMILES string of the molecule is CSc1nc(N)n2nc(-c3c(F)cc(Br)cc3F)nc2n1. The second-order valence-corrected chi connectivity index (χ2v) is 5.65. The molecule has 3 rings (SSSR count). The first kappa shape index (κ1) is 14.1. The maximum atomic E-state index is 13.9. The van der Waals surface area contributed by atoms with E-state index in [1.54, 1.807) is 6.26 Å². The minimum Gasteiger partial charge on any atom is -0.368 e. The van der Waals surface area contributed by atoms with Crippen molar-refractivity contribution in [2.24, 2.45) is 0 Å². The Balaban J connectivity index is 2.25. The van der Waals surface area contributed by atoms with Crippen LogP contribution in [-0.2, 0) is 0 Å². The number of hydrogen-bond acceptors (Lipinski definition) is 6. The lowest BCUT2D eigenvalue weighted by Crippen LogP contribution is -2.04. The maximum absolute atomic E-state index is 13.9. The van der Waals surface area contributed by atoms with Crippen LogP contribution in [-0.4, -0.2) is 30.8 Å². The lowest BCUT2D eigenvalue weighted by Gasteiger charge is -2.01. The van der Waals surface area contributed by atoms with Crippen molar-refractivity contribution in [1.29, 1.82) is 0 Å². The number of benzene rings is 1. The molecule has 2 aromatic heterocycles. The van der Waals surface area contributed by atoms with Crippen LogP contribution in [0.25, 0.3) is 17.2 Å². The van der Waals surface area contributed by atoms with Crippen molar-refractivity contribution in [3.63, 3.8) is 0 Å². The standard InChI is InChI=1S/C11H7BrF2N6S/c1-21-11-17-9(15)20-10(18-11)16-8(19-20)7-5(13)2-4(12)3-6(7)14/h2-3H,1H3,(H2,15,16,17,18,19). The molecule has 6 nitrogen and oxygen atoms in total. The quantitative estimate of drug-likeness (QED) is 0.696. The van der Waals surface area contributed by atoms with Crippen LogP contribution in [0.15, 0.2) is 21.8 Å². The van der Waals surface area contributed by atoms with E-state index in [4.69, 9.17) is 5.73 Å². The molecule has 0 aliphatic rings. The second-order valence-electron chi connectivity index (χ2n) is 3.96. The molecule has 21 heavy (non-hydrogen) atoms. The average Bonchev–Trinajstić information content (AvgIpc) is 2.81. The van der Waals surface area contributed by atoms with Crippen LogP contribution in [0.4, 0.5) is 14.7 Å². The zero-order valence-corrected chi connectivity index (χ0v) is 12.9. The first-order valence-electron chi connectivity index (χ1n) is 5.59. The number of hydrogen-bond donors (Lipinski definition) is 1. The Morgan fingerprint density at radius 3 is 2.48 bits per heavy atom. The highest BCUT2D eigenvalue weighted by Gasteiger charge is 2.19. The summed E-state index contributed by atoms with van der Waals surface area (Å²) in [5.74, 6) is -1.54. The Kier molecular flexibility index (Phi) is 3.49. The highest BCUT2D eigenvalue weighted by Crippen LogP contribution is 2.27. The molecule has 0 saturated carbocycles. The lowest BCUT2D eigenvalue weighted by atomic mass is 10.2. The minimum absolute atomic E-state index is 0.0426. The van der Waals surface area contributed by atoms with Crippen molar-refractivity contribution in [2.75, 3.05) is 12.0 Å². The monoisotopic (exact) mass is 372 g/mol. The van der Waals surface area contributed by atoms with Crippen LogP contribution < -0.4 is 5.73 Å². The Labute approximate surface area is 129 Å². The number of aromatic nitrogens is 5. The van der Waals surface area contributed by atoms with Crippen molar-refractivity contribution >= 4 is 39.4 Å². The van der Waals surface area contributed by atoms with E-state index in [1.807, 2.05) is 0 Å². The number of fused-ring (bicyclic) bond motifs is 1. The van der Waals surface area contributed by atoms with E-state index >= 15 is 0 Å². The molecular weight excluding hydrogens is 366 g/mol. The van der Waals surface area contributed by atoms with Gasteiger partial charge in [0.25, 0.3) is 5.78 Å². The molecule has 0 aliphatic carbocycles. The number of nitrogen functional groups attached to an aromatic ring is 1. The van der Waals surface area contributed by atoms with Gasteiger partial charge in [0.15, 0.2) is 11.0 Å². The summed E-state index contributed by atoms with van der Waals surface area (Å²) in [6.45, 7) is 0. The molecule has 0 unspecified atom stereocenters. The maximum Gasteiger partial charge on any atom is 0.258 e. The third kappa shape index (κ3) is 2.44. The van der Waals surface area contributed by atoms with Crippen LogP contribution in [0.5, 0.6) is 0 Å². The average molecular weight is 373 g/mol. The van der Waals surface area contributed by atoms with Gasteiger partial charge in [0, 0.05) is 4.47 Å². The Morgan fingerprint density at radius 1 is 1.19 bits per heavy atom. The lowest BCUT2D eigenvalue weighted by molar-refractivity contribution is 0.586. The van der Waals surface area contributed by atoms with Crippen molar-refractivity contribution in [3.8, 4) is 11.4 Å². The van der Waals surface area contributed by atoms with E-state index < -0.39 is 11.6 Å². The summed E-state index contributed by atoms with van der Waals surface area (Å²) >= 11 is 4.29. The zero-order chi connectivity index (χ0) is 15.1. The Morgan fingerprint density at radius 2 is 1.86 bits per heavy atom. The molecule has 0 aliphatic heterocycles. The van der Waals surface area contributed by atoms with E-state index in [0.29, 0.717) is 5.16 Å². The molecule has 2 heterocycles. The Hall–Kier alpha value is -1.81. The summed E-state index contributed by atoms with van der Waals surface area (Å²) in [6, 6.07) is 2.26. The number of nitrogens with two attached hydrogens (primary N) is 1. The Bertz CT molecular complexity index is 829. The predicted octanol–water partition coefficient (Wildman–Crippen LogP) is 2.53. The summed E-state index contributed by atoms with van der Waals surface area (Å²) in [5.41, 5.74) is 5.39. The van der Waals surface area contributed by atoms with Crippen LogP contribution in [0.3, 0.4) is 0 Å². The van der Waals surface area contributed by atoms with Gasteiger partial charge in [-0.25, -0.2) is 8.78 Å². The van der Waals surface area contributed by atoms with Gasteiger partial charge < -0.3 is 5.73 Å². The van der Waals surface area contributed by atoms with E-state index in [1.165, 1.54) is 11.8 Å². The van der Waals surface area contributed by atoms with Crippen molar-refractivity contribution < 1.29 is 8.78 Å². The van der Waals surface area contributed by atoms with E-state index in [0.717, 1.165) is 16.6 Å². The van der Waals surface area contributed by atoms with Crippen LogP contribution in [0.2, 0.25) is 0 Å². The molecular formula is C11H7BrF2N6S. The normalized spacial score (nSPS) is 11.2. The summed E-state index contributed by atoms with van der Waals surface area (Å²) in [5, 5.41) is 4.36. The molecule has 0 spiro atoms. The summed E-state index contributed by atoms with van der Waals surface area (Å²) < 4.78 is 29.3. The highest BCUT2D eigenvalue weighted by atomic mass is 79.9. The zero-order valence-electron chi connectivity index (χ0n) is 10.5. The molecule has 1 aromatic carbocycles. The van der Waals surface area contributed by atoms with E-state index in [2.05, 4.69) is 36.0 Å². The van der Waals surface area contributed by atoms with Crippen LogP contribution in [0, 0.1) is 11.6 Å². The molecule has 0 radical (unpaired) electrons. The topological polar surface area (TPSA) is 82.0 Å². The third-order valence-corrected chi connectivity index (χ3v) is 3.63. The first-order valence-corrected chi connectivity index (χ1v) is 7.60.